The van der Waals surface area contributed by atoms with E-state index in [0.29, 0.717) is 6.54 Å². The molecule has 5 heteroatoms. The van der Waals surface area contributed by atoms with Crippen molar-refractivity contribution < 1.29 is 4.79 Å². The van der Waals surface area contributed by atoms with E-state index >= 15 is 0 Å². The van der Waals surface area contributed by atoms with Crippen molar-refractivity contribution in [2.75, 3.05) is 12.4 Å². The van der Waals surface area contributed by atoms with Crippen molar-refractivity contribution in [1.82, 2.24) is 10.6 Å². The van der Waals surface area contributed by atoms with Gasteiger partial charge in [0, 0.05) is 17.2 Å². The first kappa shape index (κ1) is 13.8. The van der Waals surface area contributed by atoms with Crippen molar-refractivity contribution in [1.29, 1.82) is 0 Å². The number of rotatable bonds is 3. The smallest absolute Gasteiger partial charge is 0.238 e. The van der Waals surface area contributed by atoms with Crippen LogP contribution >= 0.6 is 24.2 Å². The molecule has 1 aliphatic heterocycles. The predicted octanol–water partition coefficient (Wildman–Crippen LogP) is 1.15. The second kappa shape index (κ2) is 5.63. The van der Waals surface area contributed by atoms with Crippen molar-refractivity contribution in [3.05, 3.63) is 12.7 Å². The van der Waals surface area contributed by atoms with Gasteiger partial charge in [0.15, 0.2) is 0 Å². The zero-order chi connectivity index (χ0) is 9.90. The Bertz CT molecular complexity index is 221. The molecule has 0 aromatic heterocycles. The lowest BCUT2D eigenvalue weighted by atomic mass is 10.0. The van der Waals surface area contributed by atoms with Crippen LogP contribution in [0.15, 0.2) is 12.7 Å². The number of hydrogen-bond acceptors (Lipinski definition) is 3. The predicted molar refractivity (Wildman–Crippen MR) is 63.9 cm³/mol. The lowest BCUT2D eigenvalue weighted by molar-refractivity contribution is -0.123. The van der Waals surface area contributed by atoms with Crippen LogP contribution in [-0.4, -0.2) is 29.1 Å². The lowest BCUT2D eigenvalue weighted by Crippen LogP contribution is -2.49. The molecule has 0 aromatic rings. The molecule has 0 bridgehead atoms. The Kier molecular flexibility index (Phi) is 5.56. The monoisotopic (exact) mass is 236 g/mol. The molecule has 3 nitrogen and oxygen atoms in total. The van der Waals surface area contributed by atoms with Crippen LogP contribution in [0.5, 0.6) is 0 Å². The first-order valence-electron chi connectivity index (χ1n) is 4.34. The second-order valence-corrected chi connectivity index (χ2v) is 5.19. The van der Waals surface area contributed by atoms with Gasteiger partial charge < -0.3 is 5.32 Å². The quantitative estimate of drug-likeness (QED) is 0.723. The number of amides is 1. The molecule has 0 spiro atoms. The Labute approximate surface area is 95.5 Å². The van der Waals surface area contributed by atoms with Gasteiger partial charge in [-0.25, -0.2) is 0 Å². The van der Waals surface area contributed by atoms with Gasteiger partial charge in [-0.3, -0.25) is 10.1 Å². The Morgan fingerprint density at radius 1 is 1.79 bits per heavy atom. The molecule has 1 rings (SSSR count). The highest BCUT2D eigenvalue weighted by atomic mass is 35.5. The van der Waals surface area contributed by atoms with E-state index in [4.69, 9.17) is 0 Å². The first-order valence-corrected chi connectivity index (χ1v) is 5.32. The molecule has 0 aromatic carbocycles. The Balaban J connectivity index is 0.00000169. The third-order valence-electron chi connectivity index (χ3n) is 2.11. The number of carbonyl (C=O) groups excluding carboxylic acids is 1. The lowest BCUT2D eigenvalue weighted by Gasteiger charge is -2.23. The van der Waals surface area contributed by atoms with Gasteiger partial charge in [-0.2, -0.15) is 0 Å². The van der Waals surface area contributed by atoms with Gasteiger partial charge in [0.1, 0.15) is 6.04 Å². The summed E-state index contributed by atoms with van der Waals surface area (Å²) in [5.74, 6) is 0.911. The maximum Gasteiger partial charge on any atom is 0.238 e. The molecular formula is C9H17ClN2OS. The number of thioether (sulfide) groups is 1. The fourth-order valence-electron chi connectivity index (χ4n) is 1.32. The number of nitrogens with one attached hydrogen (secondary N) is 2. The van der Waals surface area contributed by atoms with Crippen LogP contribution in [0.2, 0.25) is 0 Å². The normalized spacial score (nSPS) is 23.7. The maximum atomic E-state index is 11.6. The van der Waals surface area contributed by atoms with E-state index in [1.54, 1.807) is 17.8 Å². The van der Waals surface area contributed by atoms with E-state index in [2.05, 4.69) is 31.1 Å². The van der Waals surface area contributed by atoms with Gasteiger partial charge in [-0.15, -0.1) is 30.7 Å². The molecule has 0 aliphatic carbocycles. The summed E-state index contributed by atoms with van der Waals surface area (Å²) in [7, 11) is 0. The summed E-state index contributed by atoms with van der Waals surface area (Å²) in [4.78, 5) is 11.6. The minimum absolute atomic E-state index is 0. The number of halogens is 1. The summed E-state index contributed by atoms with van der Waals surface area (Å²) < 4.78 is -0.00868. The highest BCUT2D eigenvalue weighted by Crippen LogP contribution is 2.32. The zero-order valence-corrected chi connectivity index (χ0v) is 10.1. The van der Waals surface area contributed by atoms with Crippen molar-refractivity contribution in [2.45, 2.75) is 24.6 Å². The standard InChI is InChI=1S/C9H16N2OS.ClH/c1-4-5-10-8(12)7-9(2,3)13-6-11-7;/h4,7,11H,1,5-6H2,2-3H3,(H,10,12);1H. The topological polar surface area (TPSA) is 41.1 Å². The van der Waals surface area contributed by atoms with Crippen LogP contribution in [-0.2, 0) is 4.79 Å². The van der Waals surface area contributed by atoms with E-state index < -0.39 is 0 Å². The zero-order valence-electron chi connectivity index (χ0n) is 8.50. The minimum atomic E-state index is -0.0857. The molecule has 1 heterocycles. The van der Waals surface area contributed by atoms with Crippen LogP contribution in [0.25, 0.3) is 0 Å². The fourth-order valence-corrected chi connectivity index (χ4v) is 2.30. The van der Waals surface area contributed by atoms with Crippen LogP contribution < -0.4 is 10.6 Å². The molecular weight excluding hydrogens is 220 g/mol. The van der Waals surface area contributed by atoms with Gasteiger partial charge in [0.05, 0.1) is 0 Å². The Morgan fingerprint density at radius 2 is 2.43 bits per heavy atom. The minimum Gasteiger partial charge on any atom is -0.351 e. The van der Waals surface area contributed by atoms with Gasteiger partial charge in [0.2, 0.25) is 5.91 Å². The Hall–Kier alpha value is -0.190. The molecule has 14 heavy (non-hydrogen) atoms. The van der Waals surface area contributed by atoms with Gasteiger partial charge in [0.25, 0.3) is 0 Å². The third-order valence-corrected chi connectivity index (χ3v) is 3.40. The van der Waals surface area contributed by atoms with E-state index in [1.807, 2.05) is 0 Å². The summed E-state index contributed by atoms with van der Waals surface area (Å²) in [6.45, 7) is 8.25. The largest absolute Gasteiger partial charge is 0.351 e. The third kappa shape index (κ3) is 3.19. The van der Waals surface area contributed by atoms with Crippen molar-refractivity contribution in [2.24, 2.45) is 0 Å². The summed E-state index contributed by atoms with van der Waals surface area (Å²) in [6.07, 6.45) is 1.69. The molecule has 1 atom stereocenters. The fraction of sp³-hybridized carbons (Fsp3) is 0.667. The molecule has 82 valence electrons. The molecule has 0 saturated carbocycles. The summed E-state index contributed by atoms with van der Waals surface area (Å²) in [6, 6.07) is -0.0857. The Morgan fingerprint density at radius 3 is 2.86 bits per heavy atom. The molecule has 1 unspecified atom stereocenters. The summed E-state index contributed by atoms with van der Waals surface area (Å²) >= 11 is 1.77. The van der Waals surface area contributed by atoms with Crippen LogP contribution in [0.1, 0.15) is 13.8 Å². The van der Waals surface area contributed by atoms with E-state index in [9.17, 15) is 4.79 Å². The van der Waals surface area contributed by atoms with Crippen LogP contribution in [0.3, 0.4) is 0 Å². The highest BCUT2D eigenvalue weighted by Gasteiger charge is 2.39. The van der Waals surface area contributed by atoms with Crippen molar-refractivity contribution in [3.8, 4) is 0 Å². The average molecular weight is 237 g/mol. The molecule has 1 amide bonds. The molecule has 1 fully saturated rings. The van der Waals surface area contributed by atoms with E-state index in [-0.39, 0.29) is 29.1 Å². The molecule has 0 radical (unpaired) electrons. The SMILES string of the molecule is C=CCNC(=O)C1NCSC1(C)C.Cl. The van der Waals surface area contributed by atoms with Gasteiger partial charge in [-0.1, -0.05) is 6.08 Å². The van der Waals surface area contributed by atoms with Crippen molar-refractivity contribution in [3.63, 3.8) is 0 Å². The van der Waals surface area contributed by atoms with E-state index in [1.165, 1.54) is 0 Å². The average Bonchev–Trinajstić information content (AvgIpc) is 2.41. The number of hydrogen-bond donors (Lipinski definition) is 2. The molecule has 2 N–H and O–H groups in total. The summed E-state index contributed by atoms with van der Waals surface area (Å²) in [5.41, 5.74) is 0. The molecule has 1 saturated heterocycles. The second-order valence-electron chi connectivity index (χ2n) is 3.56. The van der Waals surface area contributed by atoms with Crippen molar-refractivity contribution >= 4 is 30.1 Å². The number of carbonyl (C=O) groups is 1. The maximum absolute atomic E-state index is 11.6. The van der Waals surface area contributed by atoms with Crippen LogP contribution in [0, 0.1) is 0 Å². The van der Waals surface area contributed by atoms with Gasteiger partial charge >= 0.3 is 0 Å². The van der Waals surface area contributed by atoms with Gasteiger partial charge in [-0.05, 0) is 13.8 Å². The van der Waals surface area contributed by atoms with Crippen LogP contribution in [0.4, 0.5) is 0 Å². The molecule has 1 aliphatic rings. The van der Waals surface area contributed by atoms with E-state index in [0.717, 1.165) is 5.88 Å². The summed E-state index contributed by atoms with van der Waals surface area (Å²) in [5, 5.41) is 5.97. The first-order chi connectivity index (χ1) is 6.08. The highest BCUT2D eigenvalue weighted by molar-refractivity contribution is 8.00.